The summed E-state index contributed by atoms with van der Waals surface area (Å²) in [5.74, 6) is 1.11. The third kappa shape index (κ3) is 4.76. The summed E-state index contributed by atoms with van der Waals surface area (Å²) in [6, 6.07) is 15.8. The molecule has 1 aromatic heterocycles. The summed E-state index contributed by atoms with van der Waals surface area (Å²) < 4.78 is 5.77. The molecule has 0 fully saturated rings. The van der Waals surface area contributed by atoms with Gasteiger partial charge < -0.3 is 4.74 Å². The number of anilines is 1. The van der Waals surface area contributed by atoms with E-state index >= 15 is 0 Å². The van der Waals surface area contributed by atoms with Gasteiger partial charge >= 0.3 is 5.69 Å². The highest BCUT2D eigenvalue weighted by molar-refractivity contribution is 5.80. The normalized spacial score (nSPS) is 10.8. The Balaban J connectivity index is 1.56. The Morgan fingerprint density at radius 1 is 1.12 bits per heavy atom. The van der Waals surface area contributed by atoms with Crippen LogP contribution in [0.3, 0.4) is 0 Å². The molecule has 0 unspecified atom stereocenters. The summed E-state index contributed by atoms with van der Waals surface area (Å²) >= 11 is 0. The average Bonchev–Trinajstić information content (AvgIpc) is 2.65. The lowest BCUT2D eigenvalue weighted by Gasteiger charge is -2.07. The van der Waals surface area contributed by atoms with Crippen molar-refractivity contribution in [3.8, 4) is 5.75 Å². The Morgan fingerprint density at radius 3 is 2.58 bits per heavy atom. The first-order chi connectivity index (χ1) is 12.6. The molecule has 3 aromatic rings. The number of aromatic nitrogens is 3. The average molecular weight is 349 g/mol. The molecule has 0 radical (unpaired) electrons. The molecule has 3 rings (SSSR count). The number of nitrogens with zero attached hydrogens (tertiary/aromatic N) is 3. The summed E-state index contributed by atoms with van der Waals surface area (Å²) in [5, 5.41) is 10.1. The zero-order chi connectivity index (χ0) is 18.4. The standard InChI is InChI=1S/C19H19N5O2/c1-13-3-5-16(6-4-13)12-26-17-9-7-15(8-10-17)11-20-23-18-14(2)22-24-19(25)21-18/h3-11H,12H2,1-2H3,(H2,21,23,24,25). The fraction of sp³-hybridized carbons (Fsp3) is 0.158. The van der Waals surface area contributed by atoms with Crippen LogP contribution in [0.2, 0.25) is 0 Å². The second-order valence-electron chi connectivity index (χ2n) is 5.79. The molecular weight excluding hydrogens is 330 g/mol. The lowest BCUT2D eigenvalue weighted by molar-refractivity contribution is 0.306. The van der Waals surface area contributed by atoms with Gasteiger partial charge in [-0.05, 0) is 49.2 Å². The van der Waals surface area contributed by atoms with Crippen molar-refractivity contribution >= 4 is 12.0 Å². The molecule has 0 aliphatic heterocycles. The highest BCUT2D eigenvalue weighted by atomic mass is 16.5. The second-order valence-corrected chi connectivity index (χ2v) is 5.79. The van der Waals surface area contributed by atoms with Crippen LogP contribution in [-0.2, 0) is 6.61 Å². The van der Waals surface area contributed by atoms with Crippen LogP contribution >= 0.6 is 0 Å². The Kier molecular flexibility index (Phi) is 5.38. The lowest BCUT2D eigenvalue weighted by atomic mass is 10.2. The molecule has 2 N–H and O–H groups in total. The van der Waals surface area contributed by atoms with E-state index in [-0.39, 0.29) is 0 Å². The van der Waals surface area contributed by atoms with Gasteiger partial charge in [-0.15, -0.1) is 0 Å². The Morgan fingerprint density at radius 2 is 1.85 bits per heavy atom. The number of hydrogen-bond acceptors (Lipinski definition) is 6. The summed E-state index contributed by atoms with van der Waals surface area (Å²) in [6.45, 7) is 4.31. The van der Waals surface area contributed by atoms with Gasteiger partial charge in [0.1, 0.15) is 18.1 Å². The third-order valence-electron chi connectivity index (χ3n) is 3.67. The first-order valence-electron chi connectivity index (χ1n) is 8.11. The van der Waals surface area contributed by atoms with Gasteiger partial charge in [-0.2, -0.15) is 15.2 Å². The van der Waals surface area contributed by atoms with Gasteiger partial charge in [0.2, 0.25) is 0 Å². The van der Waals surface area contributed by atoms with E-state index in [1.54, 1.807) is 13.1 Å². The van der Waals surface area contributed by atoms with E-state index in [9.17, 15) is 4.79 Å². The number of aromatic amines is 1. The van der Waals surface area contributed by atoms with Crippen LogP contribution in [-0.4, -0.2) is 21.4 Å². The molecule has 0 bridgehead atoms. The summed E-state index contributed by atoms with van der Waals surface area (Å²) in [4.78, 5) is 14.9. The molecular formula is C19H19N5O2. The molecule has 0 atom stereocenters. The second kappa shape index (κ2) is 8.06. The van der Waals surface area contributed by atoms with Crippen molar-refractivity contribution in [3.63, 3.8) is 0 Å². The number of ether oxygens (including phenoxy) is 1. The van der Waals surface area contributed by atoms with Gasteiger partial charge in [0.25, 0.3) is 0 Å². The summed E-state index contributed by atoms with van der Waals surface area (Å²) in [5.41, 5.74) is 5.98. The van der Waals surface area contributed by atoms with Gasteiger partial charge in [-0.25, -0.2) is 9.89 Å². The number of nitrogens with one attached hydrogen (secondary N) is 2. The molecule has 0 amide bonds. The lowest BCUT2D eigenvalue weighted by Crippen LogP contribution is -2.15. The van der Waals surface area contributed by atoms with E-state index in [1.807, 2.05) is 24.3 Å². The first kappa shape index (κ1) is 17.3. The maximum absolute atomic E-state index is 11.2. The van der Waals surface area contributed by atoms with Crippen molar-refractivity contribution in [1.82, 2.24) is 15.2 Å². The monoisotopic (exact) mass is 349 g/mol. The van der Waals surface area contributed by atoms with Gasteiger partial charge in [0, 0.05) is 0 Å². The zero-order valence-corrected chi connectivity index (χ0v) is 14.6. The number of H-pyrrole nitrogens is 1. The van der Waals surface area contributed by atoms with Gasteiger partial charge in [0.05, 0.1) is 6.21 Å². The number of hydrazone groups is 1. The van der Waals surface area contributed by atoms with Crippen molar-refractivity contribution in [2.24, 2.45) is 5.10 Å². The molecule has 0 aliphatic carbocycles. The predicted molar refractivity (Wildman–Crippen MR) is 101 cm³/mol. The van der Waals surface area contributed by atoms with E-state index in [2.05, 4.69) is 56.9 Å². The van der Waals surface area contributed by atoms with Gasteiger partial charge in [-0.1, -0.05) is 29.8 Å². The number of benzene rings is 2. The van der Waals surface area contributed by atoms with Crippen molar-refractivity contribution in [2.45, 2.75) is 20.5 Å². The van der Waals surface area contributed by atoms with Crippen molar-refractivity contribution in [3.05, 3.63) is 81.4 Å². The van der Waals surface area contributed by atoms with Crippen LogP contribution < -0.4 is 15.9 Å². The topological polar surface area (TPSA) is 92.3 Å². The van der Waals surface area contributed by atoms with Gasteiger partial charge in [0.15, 0.2) is 5.82 Å². The van der Waals surface area contributed by atoms with Crippen LogP contribution in [0.15, 0.2) is 58.4 Å². The minimum absolute atomic E-state index is 0.322. The quantitative estimate of drug-likeness (QED) is 0.527. The number of aryl methyl sites for hydroxylation is 2. The van der Waals surface area contributed by atoms with Crippen LogP contribution in [0.25, 0.3) is 0 Å². The van der Waals surface area contributed by atoms with Crippen LogP contribution in [0.4, 0.5) is 5.82 Å². The minimum atomic E-state index is -0.525. The first-order valence-corrected chi connectivity index (χ1v) is 8.11. The van der Waals surface area contributed by atoms with E-state index < -0.39 is 5.69 Å². The maximum atomic E-state index is 11.2. The molecule has 26 heavy (non-hydrogen) atoms. The Bertz CT molecular complexity index is 947. The van der Waals surface area contributed by atoms with E-state index in [0.717, 1.165) is 16.9 Å². The predicted octanol–water partition coefficient (Wildman–Crippen LogP) is 2.81. The summed E-state index contributed by atoms with van der Waals surface area (Å²) in [6.07, 6.45) is 1.63. The molecule has 0 saturated carbocycles. The van der Waals surface area contributed by atoms with Crippen molar-refractivity contribution in [1.29, 1.82) is 0 Å². The number of rotatable bonds is 6. The molecule has 0 spiro atoms. The SMILES string of the molecule is Cc1ccc(COc2ccc(C=NNc3nc(=O)[nH]nc3C)cc2)cc1. The molecule has 7 heteroatoms. The largest absolute Gasteiger partial charge is 0.489 e. The zero-order valence-electron chi connectivity index (χ0n) is 14.6. The van der Waals surface area contributed by atoms with Crippen LogP contribution in [0, 0.1) is 13.8 Å². The van der Waals surface area contributed by atoms with Gasteiger partial charge in [-0.3, -0.25) is 5.43 Å². The molecule has 0 saturated heterocycles. The van der Waals surface area contributed by atoms with Crippen molar-refractivity contribution < 1.29 is 4.74 Å². The number of hydrogen-bond donors (Lipinski definition) is 2. The highest BCUT2D eigenvalue weighted by Gasteiger charge is 2.00. The highest BCUT2D eigenvalue weighted by Crippen LogP contribution is 2.14. The Hall–Kier alpha value is -3.48. The van der Waals surface area contributed by atoms with E-state index in [0.29, 0.717) is 18.1 Å². The molecule has 0 aliphatic rings. The van der Waals surface area contributed by atoms with Crippen molar-refractivity contribution in [2.75, 3.05) is 5.43 Å². The van der Waals surface area contributed by atoms with E-state index in [1.165, 1.54) is 5.56 Å². The summed E-state index contributed by atoms with van der Waals surface area (Å²) in [7, 11) is 0. The fourth-order valence-corrected chi connectivity index (χ4v) is 2.17. The molecule has 132 valence electrons. The molecule has 2 aromatic carbocycles. The smallest absolute Gasteiger partial charge is 0.363 e. The minimum Gasteiger partial charge on any atom is -0.489 e. The Labute approximate surface area is 150 Å². The van der Waals surface area contributed by atoms with Crippen LogP contribution in [0.5, 0.6) is 5.75 Å². The molecule has 1 heterocycles. The van der Waals surface area contributed by atoms with Crippen LogP contribution in [0.1, 0.15) is 22.4 Å². The third-order valence-corrected chi connectivity index (χ3v) is 3.67. The maximum Gasteiger partial charge on any atom is 0.363 e. The van der Waals surface area contributed by atoms with E-state index in [4.69, 9.17) is 4.74 Å². The fourth-order valence-electron chi connectivity index (χ4n) is 2.17. The molecule has 7 nitrogen and oxygen atoms in total.